The number of halogens is 2. The van der Waals surface area contributed by atoms with Crippen molar-refractivity contribution < 1.29 is 4.74 Å². The molecule has 0 aliphatic carbocycles. The molecule has 0 bridgehead atoms. The highest BCUT2D eigenvalue weighted by atomic mass is 127. The monoisotopic (exact) mass is 547 g/mol. The maximum Gasteiger partial charge on any atom is 0.193 e. The standard InChI is InChI=1S/C22H34ClN5O.HI/c1-24-22(28-10-7-20(17-28)26-11-13-29-14-12-26)25-16-21(27-8-2-3-9-27)18-5-4-6-19(23)15-18;/h4-6,15,20-21H,2-3,7-14,16-17H2,1H3,(H,24,25);1H. The third-order valence-electron chi connectivity index (χ3n) is 6.51. The molecular weight excluding hydrogens is 513 g/mol. The minimum Gasteiger partial charge on any atom is -0.379 e. The minimum atomic E-state index is 0. The predicted octanol–water partition coefficient (Wildman–Crippen LogP) is 3.08. The quantitative estimate of drug-likeness (QED) is 0.349. The Bertz CT molecular complexity index is 694. The molecule has 0 radical (unpaired) electrons. The summed E-state index contributed by atoms with van der Waals surface area (Å²) in [6.45, 7) is 9.10. The Hall–Kier alpha value is -0.610. The van der Waals surface area contributed by atoms with Crippen LogP contribution in [0.1, 0.15) is 30.9 Å². The van der Waals surface area contributed by atoms with E-state index in [1.807, 2.05) is 13.1 Å². The van der Waals surface area contributed by atoms with E-state index in [0.717, 1.165) is 70.0 Å². The predicted molar refractivity (Wildman–Crippen MR) is 134 cm³/mol. The van der Waals surface area contributed by atoms with Gasteiger partial charge in [-0.1, -0.05) is 23.7 Å². The maximum atomic E-state index is 6.29. The van der Waals surface area contributed by atoms with E-state index in [-0.39, 0.29) is 24.0 Å². The van der Waals surface area contributed by atoms with Gasteiger partial charge in [-0.05, 0) is 50.0 Å². The van der Waals surface area contributed by atoms with Crippen molar-refractivity contribution in [1.82, 2.24) is 20.0 Å². The van der Waals surface area contributed by atoms with Crippen LogP contribution in [-0.2, 0) is 4.74 Å². The lowest BCUT2D eigenvalue weighted by molar-refractivity contribution is 0.0194. The van der Waals surface area contributed by atoms with Crippen molar-refractivity contribution in [2.75, 3.05) is 66.1 Å². The molecule has 0 amide bonds. The zero-order valence-corrected chi connectivity index (χ0v) is 21.0. The summed E-state index contributed by atoms with van der Waals surface area (Å²) in [5, 5.41) is 4.49. The third kappa shape index (κ3) is 6.00. The molecule has 3 heterocycles. The summed E-state index contributed by atoms with van der Waals surface area (Å²) in [7, 11) is 1.90. The molecule has 3 aliphatic heterocycles. The molecule has 0 aromatic heterocycles. The number of nitrogens with zero attached hydrogens (tertiary/aromatic N) is 4. The lowest BCUT2D eigenvalue weighted by Crippen LogP contribution is -2.47. The van der Waals surface area contributed by atoms with Crippen LogP contribution in [0.5, 0.6) is 0 Å². The van der Waals surface area contributed by atoms with Crippen molar-refractivity contribution in [3.8, 4) is 0 Å². The molecule has 3 fully saturated rings. The number of benzene rings is 1. The van der Waals surface area contributed by atoms with Crippen molar-refractivity contribution >= 4 is 41.5 Å². The first kappa shape index (κ1) is 24.0. The molecular formula is C22H35ClIN5O. The van der Waals surface area contributed by atoms with Crippen LogP contribution in [0.15, 0.2) is 29.3 Å². The number of morpholine rings is 1. The van der Waals surface area contributed by atoms with Crippen LogP contribution >= 0.6 is 35.6 Å². The summed E-state index contributed by atoms with van der Waals surface area (Å²) in [5.41, 5.74) is 1.29. The van der Waals surface area contributed by atoms with E-state index < -0.39 is 0 Å². The molecule has 1 N–H and O–H groups in total. The summed E-state index contributed by atoms with van der Waals surface area (Å²) >= 11 is 6.29. The Morgan fingerprint density at radius 3 is 2.67 bits per heavy atom. The highest BCUT2D eigenvalue weighted by molar-refractivity contribution is 14.0. The van der Waals surface area contributed by atoms with Crippen molar-refractivity contribution in [1.29, 1.82) is 0 Å². The van der Waals surface area contributed by atoms with Crippen LogP contribution in [0, 0.1) is 0 Å². The molecule has 3 saturated heterocycles. The van der Waals surface area contributed by atoms with Gasteiger partial charge in [-0.25, -0.2) is 0 Å². The van der Waals surface area contributed by atoms with E-state index in [1.165, 1.54) is 24.8 Å². The third-order valence-corrected chi connectivity index (χ3v) is 6.74. The number of rotatable bonds is 5. The Morgan fingerprint density at radius 1 is 1.20 bits per heavy atom. The lowest BCUT2D eigenvalue weighted by Gasteiger charge is -2.33. The van der Waals surface area contributed by atoms with Crippen molar-refractivity contribution in [3.05, 3.63) is 34.9 Å². The van der Waals surface area contributed by atoms with E-state index in [0.29, 0.717) is 12.1 Å². The highest BCUT2D eigenvalue weighted by Crippen LogP contribution is 2.26. The Morgan fingerprint density at radius 2 is 1.97 bits per heavy atom. The van der Waals surface area contributed by atoms with Crippen molar-refractivity contribution in [2.45, 2.75) is 31.3 Å². The van der Waals surface area contributed by atoms with E-state index in [4.69, 9.17) is 16.3 Å². The SMILES string of the molecule is CN=C(NCC(c1cccc(Cl)c1)N1CCCC1)N1CCC(N2CCOCC2)C1.I. The average molecular weight is 548 g/mol. The number of ether oxygens (including phenoxy) is 1. The molecule has 6 nitrogen and oxygen atoms in total. The number of nitrogens with one attached hydrogen (secondary N) is 1. The smallest absolute Gasteiger partial charge is 0.193 e. The van der Waals surface area contributed by atoms with Crippen LogP contribution in [0.4, 0.5) is 0 Å². The molecule has 8 heteroatoms. The molecule has 3 aliphatic rings. The number of likely N-dealkylation sites (tertiary alicyclic amines) is 2. The first-order valence-electron chi connectivity index (χ1n) is 11.0. The number of guanidine groups is 1. The second kappa shape index (κ2) is 11.9. The molecule has 1 aromatic carbocycles. The van der Waals surface area contributed by atoms with Crippen LogP contribution in [0.3, 0.4) is 0 Å². The number of hydrogen-bond donors (Lipinski definition) is 1. The van der Waals surface area contributed by atoms with E-state index in [1.54, 1.807) is 0 Å². The zero-order valence-electron chi connectivity index (χ0n) is 17.9. The van der Waals surface area contributed by atoms with Gasteiger partial charge in [0.1, 0.15) is 0 Å². The normalized spacial score (nSPS) is 24.7. The van der Waals surface area contributed by atoms with Gasteiger partial charge >= 0.3 is 0 Å². The second-order valence-electron chi connectivity index (χ2n) is 8.28. The Labute approximate surface area is 203 Å². The van der Waals surface area contributed by atoms with Crippen LogP contribution in [0.2, 0.25) is 5.02 Å². The average Bonchev–Trinajstić information content (AvgIpc) is 3.44. The molecule has 168 valence electrons. The van der Waals surface area contributed by atoms with Crippen molar-refractivity contribution in [2.24, 2.45) is 4.99 Å². The number of aliphatic imine (C=N–C) groups is 1. The molecule has 0 saturated carbocycles. The summed E-state index contributed by atoms with van der Waals surface area (Å²) in [6.07, 6.45) is 3.75. The molecule has 30 heavy (non-hydrogen) atoms. The fourth-order valence-electron chi connectivity index (χ4n) is 4.92. The molecule has 1 aromatic rings. The van der Waals surface area contributed by atoms with Gasteiger partial charge in [0.25, 0.3) is 0 Å². The van der Waals surface area contributed by atoms with Gasteiger partial charge in [0.15, 0.2) is 5.96 Å². The lowest BCUT2D eigenvalue weighted by atomic mass is 10.1. The summed E-state index contributed by atoms with van der Waals surface area (Å²) < 4.78 is 5.51. The fourth-order valence-corrected chi connectivity index (χ4v) is 5.12. The van der Waals surface area contributed by atoms with Gasteiger partial charge in [-0.2, -0.15) is 0 Å². The second-order valence-corrected chi connectivity index (χ2v) is 8.72. The Balaban J connectivity index is 0.00000256. The summed E-state index contributed by atoms with van der Waals surface area (Å²) in [5.74, 6) is 1.02. The molecule has 2 atom stereocenters. The Kier molecular flexibility index (Phi) is 9.50. The minimum absolute atomic E-state index is 0. The maximum absolute atomic E-state index is 6.29. The van der Waals surface area contributed by atoms with Gasteiger partial charge in [0.2, 0.25) is 0 Å². The topological polar surface area (TPSA) is 43.3 Å². The highest BCUT2D eigenvalue weighted by Gasteiger charge is 2.31. The van der Waals surface area contributed by atoms with Gasteiger partial charge < -0.3 is 15.0 Å². The van der Waals surface area contributed by atoms with Gasteiger partial charge in [-0.3, -0.25) is 14.8 Å². The first-order chi connectivity index (χ1) is 14.2. The molecule has 2 unspecified atom stereocenters. The van der Waals surface area contributed by atoms with E-state index in [2.05, 4.69) is 43.2 Å². The van der Waals surface area contributed by atoms with E-state index in [9.17, 15) is 0 Å². The van der Waals surface area contributed by atoms with Crippen LogP contribution in [0.25, 0.3) is 0 Å². The first-order valence-corrected chi connectivity index (χ1v) is 11.4. The molecule has 4 rings (SSSR count). The van der Waals surface area contributed by atoms with Gasteiger partial charge in [0, 0.05) is 50.8 Å². The van der Waals surface area contributed by atoms with E-state index >= 15 is 0 Å². The largest absolute Gasteiger partial charge is 0.379 e. The van der Waals surface area contributed by atoms with Crippen LogP contribution in [-0.4, -0.2) is 92.8 Å². The molecule has 0 spiro atoms. The van der Waals surface area contributed by atoms with Crippen LogP contribution < -0.4 is 5.32 Å². The number of hydrogen-bond acceptors (Lipinski definition) is 4. The van der Waals surface area contributed by atoms with Gasteiger partial charge in [0.05, 0.1) is 19.3 Å². The summed E-state index contributed by atoms with van der Waals surface area (Å²) in [6, 6.07) is 9.26. The van der Waals surface area contributed by atoms with Crippen molar-refractivity contribution in [3.63, 3.8) is 0 Å². The summed E-state index contributed by atoms with van der Waals surface area (Å²) in [4.78, 5) is 12.2. The zero-order chi connectivity index (χ0) is 20.1. The van der Waals surface area contributed by atoms with Gasteiger partial charge in [-0.15, -0.1) is 24.0 Å². The fraction of sp³-hybridized carbons (Fsp3) is 0.682.